The van der Waals surface area contributed by atoms with Gasteiger partial charge < -0.3 is 16.4 Å². The van der Waals surface area contributed by atoms with Crippen molar-refractivity contribution in [3.8, 4) is 0 Å². The Morgan fingerprint density at radius 1 is 1.33 bits per heavy atom. The summed E-state index contributed by atoms with van der Waals surface area (Å²) in [6.45, 7) is 5.28. The van der Waals surface area contributed by atoms with E-state index in [1.165, 1.54) is 0 Å². The normalized spacial score (nSPS) is 12.3. The lowest BCUT2D eigenvalue weighted by molar-refractivity contribution is 0.339. The van der Waals surface area contributed by atoms with Crippen molar-refractivity contribution in [2.24, 2.45) is 0 Å². The fourth-order valence-corrected chi connectivity index (χ4v) is 1.51. The number of nitrogens with one attached hydrogen (secondary N) is 1. The van der Waals surface area contributed by atoms with Crippen molar-refractivity contribution < 1.29 is 0 Å². The molecule has 0 aliphatic rings. The van der Waals surface area contributed by atoms with Gasteiger partial charge in [-0.2, -0.15) is 5.10 Å². The summed E-state index contributed by atoms with van der Waals surface area (Å²) < 4.78 is 0. The molecule has 0 spiro atoms. The molecule has 0 aliphatic carbocycles. The molecule has 0 saturated heterocycles. The Morgan fingerprint density at radius 3 is 2.33 bits per heavy atom. The van der Waals surface area contributed by atoms with Crippen LogP contribution in [0.3, 0.4) is 0 Å². The first-order valence-corrected chi connectivity index (χ1v) is 5.09. The summed E-state index contributed by atoms with van der Waals surface area (Å²) in [6.07, 6.45) is 1.01. The van der Waals surface area contributed by atoms with Crippen molar-refractivity contribution in [1.82, 2.24) is 15.1 Å². The quantitative estimate of drug-likeness (QED) is 0.688. The van der Waals surface area contributed by atoms with E-state index in [0.29, 0.717) is 11.5 Å². The number of anilines is 2. The summed E-state index contributed by atoms with van der Waals surface area (Å²) in [7, 11) is 4.11. The van der Waals surface area contributed by atoms with E-state index in [2.05, 4.69) is 43.0 Å². The lowest BCUT2D eigenvalue weighted by Crippen LogP contribution is -2.26. The molecular weight excluding hydrogens is 190 g/mol. The minimum absolute atomic E-state index is 0.0288. The van der Waals surface area contributed by atoms with Crippen LogP contribution in [0.5, 0.6) is 0 Å². The predicted molar refractivity (Wildman–Crippen MR) is 63.6 cm³/mol. The van der Waals surface area contributed by atoms with E-state index < -0.39 is 0 Å². The molecule has 0 radical (unpaired) electrons. The van der Waals surface area contributed by atoms with Crippen molar-refractivity contribution in [2.45, 2.75) is 25.7 Å². The number of nitrogens with two attached hydrogens (primary N) is 2. The molecule has 0 unspecified atom stereocenters. The number of rotatable bonds is 4. The molecule has 1 aromatic rings. The van der Waals surface area contributed by atoms with Gasteiger partial charge in [-0.1, -0.05) is 13.8 Å². The Morgan fingerprint density at radius 2 is 1.93 bits per heavy atom. The number of hydrogen-bond acceptors (Lipinski definition) is 4. The highest BCUT2D eigenvalue weighted by molar-refractivity contribution is 5.62. The van der Waals surface area contributed by atoms with Gasteiger partial charge in [-0.3, -0.25) is 5.10 Å². The van der Waals surface area contributed by atoms with E-state index >= 15 is 0 Å². The highest BCUT2D eigenvalue weighted by atomic mass is 15.2. The first-order valence-electron chi connectivity index (χ1n) is 5.09. The number of nitrogen functional groups attached to an aromatic ring is 2. The van der Waals surface area contributed by atoms with E-state index in [1.54, 1.807) is 0 Å². The van der Waals surface area contributed by atoms with Gasteiger partial charge in [-0.05, 0) is 27.1 Å². The maximum absolute atomic E-state index is 5.86. The average Bonchev–Trinajstić information content (AvgIpc) is 2.45. The summed E-state index contributed by atoms with van der Waals surface area (Å²) in [5.41, 5.74) is 13.0. The summed E-state index contributed by atoms with van der Waals surface area (Å²) >= 11 is 0. The van der Waals surface area contributed by atoms with Gasteiger partial charge in [0.25, 0.3) is 0 Å². The molecule has 86 valence electrons. The van der Waals surface area contributed by atoms with Crippen LogP contribution in [0.25, 0.3) is 0 Å². The number of H-pyrrole nitrogens is 1. The highest BCUT2D eigenvalue weighted by Gasteiger charge is 2.26. The van der Waals surface area contributed by atoms with E-state index in [4.69, 9.17) is 11.5 Å². The van der Waals surface area contributed by atoms with Crippen LogP contribution in [0.2, 0.25) is 0 Å². The molecule has 1 heterocycles. The predicted octanol–water partition coefficient (Wildman–Crippen LogP) is 0.803. The molecule has 5 N–H and O–H groups in total. The highest BCUT2D eigenvalue weighted by Crippen LogP contribution is 2.32. The third-order valence-electron chi connectivity index (χ3n) is 2.69. The largest absolute Gasteiger partial charge is 0.394 e. The molecule has 0 fully saturated rings. The standard InChI is InChI=1S/C10H21N5/c1-10(2,5-6-15(3)4)8-7(11)9(12)14-13-8/h5-6,11H2,1-4H3,(H3,12,13,14). The summed E-state index contributed by atoms with van der Waals surface area (Å²) in [4.78, 5) is 2.15. The second-order valence-corrected chi connectivity index (χ2v) is 4.83. The first-order chi connectivity index (χ1) is 6.84. The van der Waals surface area contributed by atoms with Crippen molar-refractivity contribution in [1.29, 1.82) is 0 Å². The first kappa shape index (κ1) is 11.8. The maximum Gasteiger partial charge on any atom is 0.168 e. The van der Waals surface area contributed by atoms with Gasteiger partial charge in [-0.25, -0.2) is 0 Å². The number of hydrogen-bond donors (Lipinski definition) is 3. The zero-order chi connectivity index (χ0) is 11.6. The lowest BCUT2D eigenvalue weighted by Gasteiger charge is -2.25. The zero-order valence-corrected chi connectivity index (χ0v) is 9.96. The fraction of sp³-hybridized carbons (Fsp3) is 0.700. The molecule has 0 atom stereocenters. The fourth-order valence-electron chi connectivity index (χ4n) is 1.51. The number of nitrogens with zero attached hydrogens (tertiary/aromatic N) is 2. The monoisotopic (exact) mass is 211 g/mol. The second kappa shape index (κ2) is 4.10. The van der Waals surface area contributed by atoms with Crippen LogP contribution in [0.4, 0.5) is 11.5 Å². The van der Waals surface area contributed by atoms with Gasteiger partial charge in [-0.15, -0.1) is 0 Å². The molecule has 0 amide bonds. The minimum Gasteiger partial charge on any atom is -0.394 e. The number of aromatic amines is 1. The Bertz CT molecular complexity index is 327. The molecule has 0 aliphatic heterocycles. The average molecular weight is 211 g/mol. The van der Waals surface area contributed by atoms with Crippen molar-refractivity contribution in [3.05, 3.63) is 5.69 Å². The van der Waals surface area contributed by atoms with Gasteiger partial charge in [0.05, 0.1) is 11.4 Å². The minimum atomic E-state index is -0.0288. The van der Waals surface area contributed by atoms with Crippen LogP contribution in [-0.2, 0) is 5.41 Å². The van der Waals surface area contributed by atoms with E-state index in [9.17, 15) is 0 Å². The van der Waals surface area contributed by atoms with Crippen LogP contribution in [0.1, 0.15) is 26.0 Å². The van der Waals surface area contributed by atoms with Crippen LogP contribution in [-0.4, -0.2) is 35.7 Å². The molecule has 5 nitrogen and oxygen atoms in total. The molecule has 0 aromatic carbocycles. The third kappa shape index (κ3) is 2.62. The second-order valence-electron chi connectivity index (χ2n) is 4.83. The Labute approximate surface area is 90.8 Å². The van der Waals surface area contributed by atoms with Crippen LogP contribution < -0.4 is 11.5 Å². The maximum atomic E-state index is 5.86. The van der Waals surface area contributed by atoms with Crippen LogP contribution in [0.15, 0.2) is 0 Å². The van der Waals surface area contributed by atoms with E-state index in [-0.39, 0.29) is 5.41 Å². The SMILES string of the molecule is CN(C)CCC(C)(C)c1[nH]nc(N)c1N. The topological polar surface area (TPSA) is 84.0 Å². The Kier molecular flexibility index (Phi) is 3.24. The smallest absolute Gasteiger partial charge is 0.168 e. The van der Waals surface area contributed by atoms with Crippen molar-refractivity contribution >= 4 is 11.5 Å². The van der Waals surface area contributed by atoms with E-state index in [1.807, 2.05) is 0 Å². The molecule has 5 heteroatoms. The summed E-state index contributed by atoms with van der Waals surface area (Å²) in [6, 6.07) is 0. The van der Waals surface area contributed by atoms with Crippen LogP contribution >= 0.6 is 0 Å². The van der Waals surface area contributed by atoms with Gasteiger partial charge in [0.15, 0.2) is 5.82 Å². The third-order valence-corrected chi connectivity index (χ3v) is 2.69. The van der Waals surface area contributed by atoms with E-state index in [0.717, 1.165) is 18.7 Å². The lowest BCUT2D eigenvalue weighted by atomic mass is 9.85. The van der Waals surface area contributed by atoms with Gasteiger partial charge in [0.1, 0.15) is 0 Å². The number of aromatic nitrogens is 2. The molecular formula is C10H21N5. The van der Waals surface area contributed by atoms with Gasteiger partial charge >= 0.3 is 0 Å². The Balaban J connectivity index is 2.81. The summed E-state index contributed by atoms with van der Waals surface area (Å²) in [5.74, 6) is 0.392. The summed E-state index contributed by atoms with van der Waals surface area (Å²) in [5, 5.41) is 6.84. The molecule has 1 rings (SSSR count). The van der Waals surface area contributed by atoms with Crippen molar-refractivity contribution in [2.75, 3.05) is 32.1 Å². The van der Waals surface area contributed by atoms with Crippen LogP contribution in [0, 0.1) is 0 Å². The Hall–Kier alpha value is -1.23. The van der Waals surface area contributed by atoms with Crippen molar-refractivity contribution in [3.63, 3.8) is 0 Å². The zero-order valence-electron chi connectivity index (χ0n) is 9.96. The molecule has 15 heavy (non-hydrogen) atoms. The molecule has 1 aromatic heterocycles. The van der Waals surface area contributed by atoms with Gasteiger partial charge in [0.2, 0.25) is 0 Å². The molecule has 0 saturated carbocycles. The van der Waals surface area contributed by atoms with Gasteiger partial charge in [0, 0.05) is 5.41 Å². The molecule has 0 bridgehead atoms.